The largest absolute Gasteiger partial charge is 0.497 e. The molecule has 1 fully saturated rings. The van der Waals surface area contributed by atoms with Crippen molar-refractivity contribution >= 4 is 29.1 Å². The first-order valence-corrected chi connectivity index (χ1v) is 9.64. The zero-order valence-electron chi connectivity index (χ0n) is 16.6. The number of carbonyl (C=O) groups is 1. The monoisotopic (exact) mass is 405 g/mol. The maximum atomic E-state index is 12.2. The van der Waals surface area contributed by atoms with Crippen molar-refractivity contribution in [3.63, 3.8) is 0 Å². The molecule has 9 nitrogen and oxygen atoms in total. The molecule has 0 aliphatic heterocycles. The van der Waals surface area contributed by atoms with Gasteiger partial charge in [-0.2, -0.15) is 10.1 Å². The van der Waals surface area contributed by atoms with Gasteiger partial charge in [-0.25, -0.2) is 4.98 Å². The summed E-state index contributed by atoms with van der Waals surface area (Å²) >= 11 is 0. The summed E-state index contributed by atoms with van der Waals surface area (Å²) in [6, 6.07) is 10.9. The van der Waals surface area contributed by atoms with Crippen LogP contribution in [0.3, 0.4) is 0 Å². The van der Waals surface area contributed by atoms with Gasteiger partial charge in [-0.05, 0) is 48.7 Å². The highest BCUT2D eigenvalue weighted by molar-refractivity contribution is 5.98. The van der Waals surface area contributed by atoms with E-state index < -0.39 is 0 Å². The first-order chi connectivity index (χ1) is 14.6. The highest BCUT2D eigenvalue weighted by Gasteiger charge is 2.25. The van der Waals surface area contributed by atoms with Crippen LogP contribution in [0.25, 0.3) is 5.70 Å². The Morgan fingerprint density at radius 1 is 1.27 bits per heavy atom. The first kappa shape index (κ1) is 19.4. The van der Waals surface area contributed by atoms with Crippen molar-refractivity contribution in [2.75, 3.05) is 24.3 Å². The average molecular weight is 405 g/mol. The fourth-order valence-electron chi connectivity index (χ4n) is 2.91. The lowest BCUT2D eigenvalue weighted by molar-refractivity contribution is -0.113. The lowest BCUT2D eigenvalue weighted by Crippen LogP contribution is -2.15. The highest BCUT2D eigenvalue weighted by atomic mass is 16.5. The van der Waals surface area contributed by atoms with E-state index in [9.17, 15) is 4.79 Å². The molecule has 0 saturated heterocycles. The SMILES string of the molecule is COc1ccc(C(N)=CC(=O)CNc2nccc(Nc3cc(C4CC4)[nH]n3)n2)cc1. The number of methoxy groups -OCH3 is 1. The van der Waals surface area contributed by atoms with Crippen LogP contribution in [0.15, 0.2) is 48.7 Å². The number of aromatic amines is 1. The first-order valence-electron chi connectivity index (χ1n) is 9.64. The Morgan fingerprint density at radius 2 is 2.07 bits per heavy atom. The Bertz CT molecular complexity index is 1060. The molecule has 1 aliphatic rings. The molecule has 0 spiro atoms. The van der Waals surface area contributed by atoms with Crippen molar-refractivity contribution in [3.8, 4) is 5.75 Å². The number of rotatable bonds is 9. The van der Waals surface area contributed by atoms with E-state index in [1.165, 1.54) is 18.9 Å². The van der Waals surface area contributed by atoms with Crippen LogP contribution in [0.5, 0.6) is 5.75 Å². The third-order valence-electron chi connectivity index (χ3n) is 4.69. The minimum atomic E-state index is -0.188. The van der Waals surface area contributed by atoms with Crippen LogP contribution in [0.4, 0.5) is 17.6 Å². The number of H-pyrrole nitrogens is 1. The molecule has 0 amide bonds. The molecule has 1 aliphatic carbocycles. The van der Waals surface area contributed by atoms with Gasteiger partial charge in [-0.15, -0.1) is 0 Å². The maximum absolute atomic E-state index is 12.2. The van der Waals surface area contributed by atoms with Gasteiger partial charge in [0.1, 0.15) is 11.6 Å². The van der Waals surface area contributed by atoms with Crippen LogP contribution in [0.1, 0.15) is 30.0 Å². The zero-order chi connectivity index (χ0) is 20.9. The summed E-state index contributed by atoms with van der Waals surface area (Å²) in [5.41, 5.74) is 8.28. The summed E-state index contributed by atoms with van der Waals surface area (Å²) in [6.45, 7) is 0.0224. The fraction of sp³-hybridized carbons (Fsp3) is 0.238. The molecular weight excluding hydrogens is 382 g/mol. The maximum Gasteiger partial charge on any atom is 0.224 e. The quantitative estimate of drug-likeness (QED) is 0.400. The molecule has 0 bridgehead atoms. The zero-order valence-corrected chi connectivity index (χ0v) is 16.6. The van der Waals surface area contributed by atoms with E-state index in [2.05, 4.69) is 30.8 Å². The van der Waals surface area contributed by atoms with E-state index in [0.717, 1.165) is 17.0 Å². The van der Waals surface area contributed by atoms with E-state index in [-0.39, 0.29) is 12.3 Å². The molecule has 4 rings (SSSR count). The molecule has 1 saturated carbocycles. The summed E-state index contributed by atoms with van der Waals surface area (Å²) < 4.78 is 5.12. The molecule has 5 N–H and O–H groups in total. The molecule has 2 aromatic heterocycles. The summed E-state index contributed by atoms with van der Waals surface area (Å²) in [7, 11) is 1.59. The van der Waals surface area contributed by atoms with Crippen LogP contribution in [0.2, 0.25) is 0 Å². The lowest BCUT2D eigenvalue weighted by Gasteiger charge is -2.06. The number of ether oxygens (including phenoxy) is 1. The number of aromatic nitrogens is 4. The van der Waals surface area contributed by atoms with Crippen molar-refractivity contribution in [2.24, 2.45) is 5.73 Å². The van der Waals surface area contributed by atoms with Gasteiger partial charge in [0.15, 0.2) is 11.6 Å². The van der Waals surface area contributed by atoms with E-state index in [0.29, 0.717) is 29.2 Å². The van der Waals surface area contributed by atoms with Gasteiger partial charge in [0.2, 0.25) is 5.95 Å². The fourth-order valence-corrected chi connectivity index (χ4v) is 2.91. The predicted octanol–water partition coefficient (Wildman–Crippen LogP) is 2.81. The van der Waals surface area contributed by atoms with Gasteiger partial charge in [-0.1, -0.05) is 0 Å². The second kappa shape index (κ2) is 8.64. The van der Waals surface area contributed by atoms with Gasteiger partial charge in [0, 0.05) is 35.6 Å². The molecule has 0 unspecified atom stereocenters. The van der Waals surface area contributed by atoms with Crippen molar-refractivity contribution in [3.05, 3.63) is 59.9 Å². The van der Waals surface area contributed by atoms with E-state index in [1.807, 2.05) is 6.07 Å². The van der Waals surface area contributed by atoms with Crippen LogP contribution >= 0.6 is 0 Å². The Kier molecular flexibility index (Phi) is 5.60. The normalized spacial score (nSPS) is 13.7. The Hall–Kier alpha value is -3.88. The second-order valence-corrected chi connectivity index (χ2v) is 7.02. The molecule has 9 heteroatoms. The van der Waals surface area contributed by atoms with Gasteiger partial charge < -0.3 is 21.1 Å². The number of nitrogens with zero attached hydrogens (tertiary/aromatic N) is 3. The minimum Gasteiger partial charge on any atom is -0.497 e. The third kappa shape index (κ3) is 4.93. The minimum absolute atomic E-state index is 0.0224. The smallest absolute Gasteiger partial charge is 0.224 e. The number of anilines is 3. The number of benzene rings is 1. The van der Waals surface area contributed by atoms with E-state index in [1.54, 1.807) is 43.6 Å². The summed E-state index contributed by atoms with van der Waals surface area (Å²) in [5, 5.41) is 13.3. The lowest BCUT2D eigenvalue weighted by atomic mass is 10.1. The van der Waals surface area contributed by atoms with Crippen LogP contribution < -0.4 is 21.1 Å². The third-order valence-corrected chi connectivity index (χ3v) is 4.69. The standard InChI is InChI=1S/C21H23N7O2/c1-30-16-6-4-13(5-7-16)17(22)10-15(29)12-24-21-23-9-8-19(26-21)25-20-11-18(27-28-20)14-2-3-14/h4-11,14H,2-3,12,22H2,1H3,(H3,23,24,25,26,27,28). The molecule has 154 valence electrons. The van der Waals surface area contributed by atoms with Crippen molar-refractivity contribution in [2.45, 2.75) is 18.8 Å². The average Bonchev–Trinajstić information content (AvgIpc) is 3.52. The summed E-state index contributed by atoms with van der Waals surface area (Å²) in [4.78, 5) is 20.7. The molecule has 0 atom stereocenters. The van der Waals surface area contributed by atoms with Crippen molar-refractivity contribution in [1.29, 1.82) is 0 Å². The molecule has 0 radical (unpaired) electrons. The highest BCUT2D eigenvalue weighted by Crippen LogP contribution is 2.39. The number of ketones is 1. The molecule has 2 heterocycles. The number of hydrogen-bond acceptors (Lipinski definition) is 8. The number of hydrogen-bond donors (Lipinski definition) is 4. The van der Waals surface area contributed by atoms with Crippen LogP contribution in [-0.2, 0) is 4.79 Å². The number of nitrogens with two attached hydrogens (primary N) is 1. The van der Waals surface area contributed by atoms with E-state index >= 15 is 0 Å². The van der Waals surface area contributed by atoms with Gasteiger partial charge in [0.05, 0.1) is 13.7 Å². The Labute approximate surface area is 173 Å². The molecule has 1 aromatic carbocycles. The van der Waals surface area contributed by atoms with E-state index in [4.69, 9.17) is 10.5 Å². The predicted molar refractivity (Wildman–Crippen MR) is 115 cm³/mol. The summed E-state index contributed by atoms with van der Waals surface area (Å²) in [6.07, 6.45) is 5.40. The number of carbonyl (C=O) groups excluding carboxylic acids is 1. The van der Waals surface area contributed by atoms with Gasteiger partial charge in [-0.3, -0.25) is 9.89 Å². The Morgan fingerprint density at radius 3 is 2.80 bits per heavy atom. The van der Waals surface area contributed by atoms with Gasteiger partial charge in [0.25, 0.3) is 0 Å². The molecule has 30 heavy (non-hydrogen) atoms. The topological polar surface area (TPSA) is 131 Å². The Balaban J connectivity index is 1.33. The molecule has 3 aromatic rings. The van der Waals surface area contributed by atoms with Crippen LogP contribution in [-0.4, -0.2) is 39.6 Å². The number of nitrogens with one attached hydrogen (secondary N) is 3. The van der Waals surface area contributed by atoms with Gasteiger partial charge >= 0.3 is 0 Å². The van der Waals surface area contributed by atoms with Crippen molar-refractivity contribution in [1.82, 2.24) is 20.2 Å². The molecular formula is C21H23N7O2. The summed E-state index contributed by atoms with van der Waals surface area (Å²) in [5.74, 6) is 2.76. The second-order valence-electron chi connectivity index (χ2n) is 7.02. The van der Waals surface area contributed by atoms with Crippen LogP contribution in [0, 0.1) is 0 Å². The van der Waals surface area contributed by atoms with Crippen molar-refractivity contribution < 1.29 is 9.53 Å².